The molecular formula is C25H26N8O2. The van der Waals surface area contributed by atoms with Gasteiger partial charge in [-0.25, -0.2) is 15.0 Å². The number of carbonyl (C=O) groups excluding carboxylic acids is 1. The maximum Gasteiger partial charge on any atom is 0.237 e. The predicted molar refractivity (Wildman–Crippen MR) is 133 cm³/mol. The highest BCUT2D eigenvalue weighted by molar-refractivity contribution is 5.99. The molecule has 6 rings (SSSR count). The molecule has 0 saturated heterocycles. The normalized spacial score (nSPS) is 20.6. The van der Waals surface area contributed by atoms with E-state index in [1.807, 2.05) is 38.5 Å². The number of nitrogen functional groups attached to an aromatic ring is 1. The Labute approximate surface area is 201 Å². The standard InChI is InChI=1S/C25H26N8O2/c1-12-16(9-29-25-22(12)27-4-5-35-25)18-6-14-7-19(28-10-17(14)23(26)31-18)32-24(34)21-13(2)20(21)15-8-30-33(3)11-15/h6-11,13,20-21,27H,4-5H2,1-3H3,(H2,26,31)(H,28,32,34). The van der Waals surface area contributed by atoms with Gasteiger partial charge in [0.15, 0.2) is 0 Å². The summed E-state index contributed by atoms with van der Waals surface area (Å²) in [5.41, 5.74) is 10.8. The van der Waals surface area contributed by atoms with E-state index in [9.17, 15) is 4.79 Å². The van der Waals surface area contributed by atoms with Gasteiger partial charge in [0.25, 0.3) is 0 Å². The molecule has 1 fully saturated rings. The number of fused-ring (bicyclic) bond motifs is 2. The zero-order valence-electron chi connectivity index (χ0n) is 19.7. The Morgan fingerprint density at radius 1 is 1.26 bits per heavy atom. The van der Waals surface area contributed by atoms with Crippen LogP contribution in [0.25, 0.3) is 22.0 Å². The number of ether oxygens (including phenoxy) is 1. The van der Waals surface area contributed by atoms with E-state index in [2.05, 4.69) is 37.6 Å². The van der Waals surface area contributed by atoms with Crippen molar-refractivity contribution in [2.75, 3.05) is 29.5 Å². The molecule has 1 amide bonds. The van der Waals surface area contributed by atoms with Crippen molar-refractivity contribution in [1.29, 1.82) is 0 Å². The predicted octanol–water partition coefficient (Wildman–Crippen LogP) is 3.11. The number of nitrogens with zero attached hydrogens (tertiary/aromatic N) is 5. The molecule has 178 valence electrons. The van der Waals surface area contributed by atoms with E-state index in [0.29, 0.717) is 29.8 Å². The third-order valence-corrected chi connectivity index (χ3v) is 7.01. The number of carbonyl (C=O) groups is 1. The van der Waals surface area contributed by atoms with Gasteiger partial charge in [0.2, 0.25) is 11.8 Å². The minimum atomic E-state index is -0.103. The molecule has 1 aliphatic carbocycles. The number of aryl methyl sites for hydroxylation is 1. The molecular weight excluding hydrogens is 444 g/mol. The fourth-order valence-corrected chi connectivity index (χ4v) is 5.06. The van der Waals surface area contributed by atoms with Gasteiger partial charge in [-0.3, -0.25) is 9.48 Å². The van der Waals surface area contributed by atoms with Crippen LogP contribution in [0.3, 0.4) is 0 Å². The summed E-state index contributed by atoms with van der Waals surface area (Å²) in [6.07, 6.45) is 7.21. The van der Waals surface area contributed by atoms with E-state index in [-0.39, 0.29) is 23.7 Å². The molecule has 3 atom stereocenters. The first-order valence-electron chi connectivity index (χ1n) is 11.6. The Balaban J connectivity index is 1.29. The van der Waals surface area contributed by atoms with Crippen LogP contribution in [-0.4, -0.2) is 43.8 Å². The van der Waals surface area contributed by atoms with Crippen molar-refractivity contribution in [3.05, 3.63) is 48.0 Å². The molecule has 10 heteroatoms. The van der Waals surface area contributed by atoms with Gasteiger partial charge in [-0.15, -0.1) is 0 Å². The van der Waals surface area contributed by atoms with Crippen molar-refractivity contribution in [3.63, 3.8) is 0 Å². The lowest BCUT2D eigenvalue weighted by Crippen LogP contribution is -2.20. The smallest absolute Gasteiger partial charge is 0.237 e. The lowest BCUT2D eigenvalue weighted by Gasteiger charge is -2.21. The first-order chi connectivity index (χ1) is 16.9. The summed E-state index contributed by atoms with van der Waals surface area (Å²) in [5.74, 6) is 1.74. The molecule has 4 N–H and O–H groups in total. The van der Waals surface area contributed by atoms with Gasteiger partial charge < -0.3 is 21.1 Å². The number of pyridine rings is 3. The lowest BCUT2D eigenvalue weighted by molar-refractivity contribution is -0.117. The highest BCUT2D eigenvalue weighted by Crippen LogP contribution is 2.54. The van der Waals surface area contributed by atoms with Crippen molar-refractivity contribution < 1.29 is 9.53 Å². The number of amides is 1. The molecule has 4 aromatic heterocycles. The average Bonchev–Trinajstić information content (AvgIpc) is 3.33. The molecule has 3 unspecified atom stereocenters. The van der Waals surface area contributed by atoms with Crippen molar-refractivity contribution in [2.24, 2.45) is 18.9 Å². The zero-order valence-corrected chi connectivity index (χ0v) is 19.7. The van der Waals surface area contributed by atoms with Crippen LogP contribution in [0.15, 0.2) is 36.9 Å². The van der Waals surface area contributed by atoms with E-state index in [1.165, 1.54) is 0 Å². The molecule has 1 aliphatic heterocycles. The summed E-state index contributed by atoms with van der Waals surface area (Å²) >= 11 is 0. The van der Waals surface area contributed by atoms with Crippen LogP contribution in [0, 0.1) is 18.8 Å². The number of nitrogens with two attached hydrogens (primary N) is 1. The van der Waals surface area contributed by atoms with Gasteiger partial charge in [0.1, 0.15) is 23.9 Å². The number of hydrogen-bond donors (Lipinski definition) is 3. The van der Waals surface area contributed by atoms with Crippen molar-refractivity contribution in [3.8, 4) is 17.1 Å². The molecule has 0 radical (unpaired) electrons. The van der Waals surface area contributed by atoms with Crippen LogP contribution in [0.1, 0.15) is 24.0 Å². The fourth-order valence-electron chi connectivity index (χ4n) is 5.06. The summed E-state index contributed by atoms with van der Waals surface area (Å²) in [4.78, 5) is 26.5. The van der Waals surface area contributed by atoms with Crippen LogP contribution in [-0.2, 0) is 11.8 Å². The Morgan fingerprint density at radius 3 is 2.91 bits per heavy atom. The first-order valence-corrected chi connectivity index (χ1v) is 11.6. The largest absolute Gasteiger partial charge is 0.474 e. The molecule has 5 heterocycles. The number of rotatable bonds is 4. The number of anilines is 3. The molecule has 0 spiro atoms. The summed E-state index contributed by atoms with van der Waals surface area (Å²) in [5, 5.41) is 12.1. The molecule has 35 heavy (non-hydrogen) atoms. The van der Waals surface area contributed by atoms with Gasteiger partial charge in [0.05, 0.1) is 11.9 Å². The second-order valence-electron chi connectivity index (χ2n) is 9.28. The maximum atomic E-state index is 13.0. The Morgan fingerprint density at radius 2 is 2.11 bits per heavy atom. The van der Waals surface area contributed by atoms with Gasteiger partial charge in [-0.05, 0) is 41.5 Å². The average molecular weight is 471 g/mol. The summed E-state index contributed by atoms with van der Waals surface area (Å²) < 4.78 is 7.40. The Kier molecular flexibility index (Phi) is 4.84. The summed E-state index contributed by atoms with van der Waals surface area (Å²) in [7, 11) is 1.88. The number of hydrogen-bond acceptors (Lipinski definition) is 8. The van der Waals surface area contributed by atoms with E-state index in [1.54, 1.807) is 17.1 Å². The molecule has 10 nitrogen and oxygen atoms in total. The molecule has 0 bridgehead atoms. The lowest BCUT2D eigenvalue weighted by atomic mass is 10.0. The summed E-state index contributed by atoms with van der Waals surface area (Å²) in [6, 6.07) is 3.78. The number of nitrogens with one attached hydrogen (secondary N) is 2. The second-order valence-corrected chi connectivity index (χ2v) is 9.28. The van der Waals surface area contributed by atoms with Crippen molar-refractivity contribution in [1.82, 2.24) is 24.7 Å². The Hall–Kier alpha value is -4.21. The second kappa shape index (κ2) is 7.93. The van der Waals surface area contributed by atoms with Gasteiger partial charge in [-0.1, -0.05) is 6.92 Å². The topological polar surface area (TPSA) is 133 Å². The van der Waals surface area contributed by atoms with Crippen LogP contribution >= 0.6 is 0 Å². The van der Waals surface area contributed by atoms with Crippen LogP contribution in [0.5, 0.6) is 5.88 Å². The molecule has 4 aromatic rings. The van der Waals surface area contributed by atoms with Crippen molar-refractivity contribution >= 4 is 34.0 Å². The quantitative estimate of drug-likeness (QED) is 0.414. The summed E-state index contributed by atoms with van der Waals surface area (Å²) in [6.45, 7) is 5.41. The van der Waals surface area contributed by atoms with Gasteiger partial charge in [0, 0.05) is 55.0 Å². The van der Waals surface area contributed by atoms with E-state index in [4.69, 9.17) is 10.5 Å². The van der Waals surface area contributed by atoms with Crippen LogP contribution in [0.2, 0.25) is 0 Å². The van der Waals surface area contributed by atoms with Gasteiger partial charge >= 0.3 is 0 Å². The van der Waals surface area contributed by atoms with Crippen LogP contribution in [0.4, 0.5) is 17.3 Å². The minimum absolute atomic E-state index is 0.0405. The molecule has 2 aliphatic rings. The van der Waals surface area contributed by atoms with E-state index >= 15 is 0 Å². The monoisotopic (exact) mass is 470 g/mol. The van der Waals surface area contributed by atoms with E-state index < -0.39 is 0 Å². The Bertz CT molecular complexity index is 1480. The zero-order chi connectivity index (χ0) is 24.3. The number of aromatic nitrogens is 5. The fraction of sp³-hybridized carbons (Fsp3) is 0.320. The van der Waals surface area contributed by atoms with Crippen molar-refractivity contribution in [2.45, 2.75) is 19.8 Å². The highest BCUT2D eigenvalue weighted by atomic mass is 16.5. The van der Waals surface area contributed by atoms with Crippen LogP contribution < -0.4 is 21.1 Å². The minimum Gasteiger partial charge on any atom is -0.474 e. The SMILES string of the molecule is Cc1c(-c2cc3cc(NC(=O)C4C(C)C4c4cnn(C)c4)ncc3c(N)n2)cnc2c1NCCO2. The maximum absolute atomic E-state index is 13.0. The van der Waals surface area contributed by atoms with Gasteiger partial charge in [-0.2, -0.15) is 5.10 Å². The molecule has 1 saturated carbocycles. The third kappa shape index (κ3) is 3.61. The highest BCUT2D eigenvalue weighted by Gasteiger charge is 2.52. The van der Waals surface area contributed by atoms with E-state index in [0.717, 1.165) is 39.7 Å². The first kappa shape index (κ1) is 21.3. The molecule has 0 aromatic carbocycles. The third-order valence-electron chi connectivity index (χ3n) is 7.01.